The number of carbonyl (C=O) groups is 2. The molecule has 1 saturated carbocycles. The Kier molecular flexibility index (Phi) is 8.88. The fourth-order valence-corrected chi connectivity index (χ4v) is 4.56. The molecule has 4 heteroatoms. The first-order valence-electron chi connectivity index (χ1n) is 10.6. The number of carbonyl (C=O) groups excluding carboxylic acids is 2. The van der Waals surface area contributed by atoms with E-state index in [0.29, 0.717) is 5.92 Å². The number of nitrogens with zero attached hydrogens (tertiary/aromatic N) is 1. The SMILES string of the molecule is CCC(CC)CN(C(=O)C1CCCCC1)c1ccccc1SC(=O)C(C)C. The van der Waals surface area contributed by atoms with Crippen molar-refractivity contribution in [2.45, 2.75) is 77.5 Å². The van der Waals surface area contributed by atoms with Crippen LogP contribution in [0.2, 0.25) is 0 Å². The van der Waals surface area contributed by atoms with Crippen LogP contribution in [0.25, 0.3) is 0 Å². The largest absolute Gasteiger partial charge is 0.311 e. The van der Waals surface area contributed by atoms with Crippen LogP contribution in [0.3, 0.4) is 0 Å². The number of anilines is 1. The summed E-state index contributed by atoms with van der Waals surface area (Å²) in [7, 11) is 0. The first-order chi connectivity index (χ1) is 13.0. The molecule has 1 aromatic rings. The standard InChI is InChI=1S/C23H35NO2S/c1-5-18(6-2)16-24(22(25)19-12-8-7-9-13-19)20-14-10-11-15-21(20)27-23(26)17(3)4/h10-11,14-15,17-19H,5-9,12-13,16H2,1-4H3. The van der Waals surface area contributed by atoms with Crippen LogP contribution >= 0.6 is 11.8 Å². The molecule has 0 N–H and O–H groups in total. The second-order valence-corrected chi connectivity index (χ2v) is 9.06. The van der Waals surface area contributed by atoms with Crippen LogP contribution in [0.4, 0.5) is 5.69 Å². The summed E-state index contributed by atoms with van der Waals surface area (Å²) in [4.78, 5) is 28.7. The van der Waals surface area contributed by atoms with Crippen LogP contribution in [-0.4, -0.2) is 17.6 Å². The average Bonchev–Trinajstić information content (AvgIpc) is 2.70. The normalized spacial score (nSPS) is 15.3. The summed E-state index contributed by atoms with van der Waals surface area (Å²) < 4.78 is 0. The maximum atomic E-state index is 13.5. The molecule has 0 unspecified atom stereocenters. The van der Waals surface area contributed by atoms with E-state index >= 15 is 0 Å². The van der Waals surface area contributed by atoms with Crippen LogP contribution in [0.15, 0.2) is 29.2 Å². The summed E-state index contributed by atoms with van der Waals surface area (Å²) in [6.07, 6.45) is 7.66. The lowest BCUT2D eigenvalue weighted by atomic mass is 9.87. The quantitative estimate of drug-likeness (QED) is 0.489. The zero-order valence-corrected chi connectivity index (χ0v) is 18.2. The molecule has 1 aliphatic carbocycles. The third-order valence-corrected chi connectivity index (χ3v) is 6.89. The maximum Gasteiger partial charge on any atom is 0.230 e. The molecular formula is C23H35NO2S. The summed E-state index contributed by atoms with van der Waals surface area (Å²) in [5.41, 5.74) is 0.916. The number of amides is 1. The zero-order chi connectivity index (χ0) is 19.8. The second-order valence-electron chi connectivity index (χ2n) is 8.01. The molecule has 0 bridgehead atoms. The Morgan fingerprint density at radius 2 is 1.70 bits per heavy atom. The minimum atomic E-state index is -0.0235. The van der Waals surface area contributed by atoms with Crippen LogP contribution in [0.1, 0.15) is 72.6 Å². The highest BCUT2D eigenvalue weighted by Crippen LogP contribution is 2.35. The Morgan fingerprint density at radius 3 is 2.30 bits per heavy atom. The monoisotopic (exact) mass is 389 g/mol. The third kappa shape index (κ3) is 6.10. The van der Waals surface area contributed by atoms with Gasteiger partial charge in [0, 0.05) is 23.3 Å². The fraction of sp³-hybridized carbons (Fsp3) is 0.652. The highest BCUT2D eigenvalue weighted by molar-refractivity contribution is 8.13. The van der Waals surface area contributed by atoms with Crippen molar-refractivity contribution in [2.24, 2.45) is 17.8 Å². The fourth-order valence-electron chi connectivity index (χ4n) is 3.67. The molecule has 27 heavy (non-hydrogen) atoms. The van der Waals surface area contributed by atoms with E-state index in [1.54, 1.807) is 0 Å². The van der Waals surface area contributed by atoms with E-state index in [1.165, 1.54) is 18.2 Å². The van der Waals surface area contributed by atoms with Crippen molar-refractivity contribution in [2.75, 3.05) is 11.4 Å². The Morgan fingerprint density at radius 1 is 1.07 bits per heavy atom. The molecule has 0 spiro atoms. The molecule has 0 heterocycles. The minimum absolute atomic E-state index is 0.0235. The zero-order valence-electron chi connectivity index (χ0n) is 17.4. The number of thioether (sulfide) groups is 1. The maximum absolute atomic E-state index is 13.5. The van der Waals surface area contributed by atoms with Gasteiger partial charge in [-0.1, -0.05) is 71.9 Å². The van der Waals surface area contributed by atoms with Gasteiger partial charge in [-0.25, -0.2) is 0 Å². The van der Waals surface area contributed by atoms with Gasteiger partial charge in [0.1, 0.15) is 0 Å². The first kappa shape index (κ1) is 22.0. The van der Waals surface area contributed by atoms with Crippen molar-refractivity contribution in [1.29, 1.82) is 0 Å². The molecule has 0 aliphatic heterocycles. The number of rotatable bonds is 8. The molecular weight excluding hydrogens is 354 g/mol. The van der Waals surface area contributed by atoms with Gasteiger partial charge in [0.25, 0.3) is 0 Å². The van der Waals surface area contributed by atoms with E-state index < -0.39 is 0 Å². The van der Waals surface area contributed by atoms with Gasteiger partial charge < -0.3 is 4.90 Å². The van der Waals surface area contributed by atoms with Gasteiger partial charge in [-0.15, -0.1) is 0 Å². The van der Waals surface area contributed by atoms with Crippen molar-refractivity contribution in [3.05, 3.63) is 24.3 Å². The Balaban J connectivity index is 2.34. The summed E-state index contributed by atoms with van der Waals surface area (Å²) in [6.45, 7) is 8.98. The summed E-state index contributed by atoms with van der Waals surface area (Å²) in [6, 6.07) is 7.93. The molecule has 150 valence electrons. The minimum Gasteiger partial charge on any atom is -0.311 e. The van der Waals surface area contributed by atoms with Gasteiger partial charge in [-0.05, 0) is 42.7 Å². The summed E-state index contributed by atoms with van der Waals surface area (Å²) >= 11 is 1.28. The van der Waals surface area contributed by atoms with Crippen molar-refractivity contribution >= 4 is 28.5 Å². The highest BCUT2D eigenvalue weighted by atomic mass is 32.2. The van der Waals surface area contributed by atoms with Gasteiger partial charge in [0.2, 0.25) is 5.91 Å². The number of hydrogen-bond donors (Lipinski definition) is 0. The van der Waals surface area contributed by atoms with E-state index in [-0.39, 0.29) is 22.9 Å². The van der Waals surface area contributed by atoms with Crippen molar-refractivity contribution in [1.82, 2.24) is 0 Å². The van der Waals surface area contributed by atoms with Crippen molar-refractivity contribution < 1.29 is 9.59 Å². The Hall–Kier alpha value is -1.29. The number of benzene rings is 1. The predicted octanol–water partition coefficient (Wildman–Crippen LogP) is 6.31. The Bertz CT molecular complexity index is 619. The molecule has 0 aromatic heterocycles. The first-order valence-corrected chi connectivity index (χ1v) is 11.4. The molecule has 0 atom stereocenters. The lowest BCUT2D eigenvalue weighted by Crippen LogP contribution is -2.40. The van der Waals surface area contributed by atoms with E-state index in [4.69, 9.17) is 0 Å². The van der Waals surface area contributed by atoms with Crippen LogP contribution < -0.4 is 4.90 Å². The second kappa shape index (κ2) is 10.9. The lowest BCUT2D eigenvalue weighted by molar-refractivity contribution is -0.123. The van der Waals surface area contributed by atoms with Crippen LogP contribution in [0.5, 0.6) is 0 Å². The highest BCUT2D eigenvalue weighted by Gasteiger charge is 2.29. The molecule has 1 amide bonds. The summed E-state index contributed by atoms with van der Waals surface area (Å²) in [5.74, 6) is 0.847. The topological polar surface area (TPSA) is 37.4 Å². The van der Waals surface area contributed by atoms with Gasteiger partial charge in [-0.3, -0.25) is 9.59 Å². The van der Waals surface area contributed by atoms with E-state index in [0.717, 1.165) is 55.7 Å². The number of hydrogen-bond acceptors (Lipinski definition) is 3. The molecule has 0 radical (unpaired) electrons. The lowest BCUT2D eigenvalue weighted by Gasteiger charge is -2.33. The van der Waals surface area contributed by atoms with Gasteiger partial charge >= 0.3 is 0 Å². The smallest absolute Gasteiger partial charge is 0.230 e. The van der Waals surface area contributed by atoms with Crippen LogP contribution in [-0.2, 0) is 9.59 Å². The van der Waals surface area contributed by atoms with Crippen LogP contribution in [0, 0.1) is 17.8 Å². The van der Waals surface area contributed by atoms with E-state index in [9.17, 15) is 9.59 Å². The van der Waals surface area contributed by atoms with Gasteiger partial charge in [0.15, 0.2) is 5.12 Å². The molecule has 1 aromatic carbocycles. The molecule has 0 saturated heterocycles. The van der Waals surface area contributed by atoms with Gasteiger partial charge in [0.05, 0.1) is 5.69 Å². The predicted molar refractivity (Wildman–Crippen MR) is 115 cm³/mol. The molecule has 3 nitrogen and oxygen atoms in total. The molecule has 2 rings (SSSR count). The van der Waals surface area contributed by atoms with Crippen molar-refractivity contribution in [3.8, 4) is 0 Å². The van der Waals surface area contributed by atoms with E-state index in [2.05, 4.69) is 13.8 Å². The molecule has 1 fully saturated rings. The third-order valence-electron chi connectivity index (χ3n) is 5.65. The average molecular weight is 390 g/mol. The van der Waals surface area contributed by atoms with Crippen molar-refractivity contribution in [3.63, 3.8) is 0 Å². The molecule has 1 aliphatic rings. The Labute approximate surface area is 169 Å². The van der Waals surface area contributed by atoms with Gasteiger partial charge in [-0.2, -0.15) is 0 Å². The summed E-state index contributed by atoms with van der Waals surface area (Å²) in [5, 5.41) is 0.148. The number of para-hydroxylation sites is 1. The van der Waals surface area contributed by atoms with E-state index in [1.807, 2.05) is 43.0 Å².